The van der Waals surface area contributed by atoms with Gasteiger partial charge in [0.05, 0.1) is 28.9 Å². The number of pyridine rings is 1. The van der Waals surface area contributed by atoms with Crippen LogP contribution in [0.4, 0.5) is 5.00 Å². The summed E-state index contributed by atoms with van der Waals surface area (Å²) in [5.74, 6) is -0.619. The first-order valence-corrected chi connectivity index (χ1v) is 12.1. The molecule has 4 aromatic rings. The molecule has 2 aromatic carbocycles. The molecule has 0 saturated heterocycles. The maximum Gasteiger partial charge on any atom is 0.341 e. The fraction of sp³-hybridized carbons (Fsp3) is 0.222. The Bertz CT molecular complexity index is 1340. The predicted molar refractivity (Wildman–Crippen MR) is 132 cm³/mol. The number of hydrogen-bond donors (Lipinski definition) is 1. The molecule has 33 heavy (non-hydrogen) atoms. The van der Waals surface area contributed by atoms with E-state index in [1.807, 2.05) is 60.7 Å². The van der Waals surface area contributed by atoms with E-state index in [2.05, 4.69) is 5.32 Å². The zero-order valence-corrected chi connectivity index (χ0v) is 19.2. The van der Waals surface area contributed by atoms with Crippen molar-refractivity contribution in [2.45, 2.75) is 32.6 Å². The van der Waals surface area contributed by atoms with E-state index in [9.17, 15) is 9.59 Å². The van der Waals surface area contributed by atoms with Crippen LogP contribution in [0.5, 0.6) is 0 Å². The monoisotopic (exact) mass is 456 g/mol. The van der Waals surface area contributed by atoms with Crippen molar-refractivity contribution in [3.05, 3.63) is 82.2 Å². The van der Waals surface area contributed by atoms with E-state index < -0.39 is 0 Å². The molecule has 2 aromatic heterocycles. The number of nitrogens with one attached hydrogen (secondary N) is 1. The maximum atomic E-state index is 13.6. The number of ether oxygens (including phenoxy) is 1. The molecule has 0 unspecified atom stereocenters. The summed E-state index contributed by atoms with van der Waals surface area (Å²) in [6.07, 6.45) is 3.91. The maximum absolute atomic E-state index is 13.6. The summed E-state index contributed by atoms with van der Waals surface area (Å²) in [6.45, 7) is 2.09. The minimum absolute atomic E-state index is 0.255. The standard InChI is InChI=1S/C27H24N2O3S/c1-2-32-27(31)24-19-13-7-9-15-23(19)33-26(24)29-25(30)20-16-22(17-10-4-3-5-11-17)28-21-14-8-6-12-18(20)21/h3-6,8,10-12,14,16H,2,7,9,13,15H2,1H3,(H,29,30). The highest BCUT2D eigenvalue weighted by atomic mass is 32.1. The van der Waals surface area contributed by atoms with Gasteiger partial charge in [0.25, 0.3) is 5.91 Å². The molecule has 1 amide bonds. The van der Waals surface area contributed by atoms with E-state index in [0.29, 0.717) is 22.7 Å². The van der Waals surface area contributed by atoms with Gasteiger partial charge in [-0.1, -0.05) is 48.5 Å². The second-order valence-electron chi connectivity index (χ2n) is 8.03. The van der Waals surface area contributed by atoms with Gasteiger partial charge in [-0.3, -0.25) is 4.79 Å². The Morgan fingerprint density at radius 3 is 2.61 bits per heavy atom. The number of hydrogen-bond acceptors (Lipinski definition) is 5. The van der Waals surface area contributed by atoms with Crippen LogP contribution in [0.2, 0.25) is 0 Å². The van der Waals surface area contributed by atoms with Gasteiger partial charge < -0.3 is 10.1 Å². The highest BCUT2D eigenvalue weighted by Gasteiger charge is 2.28. The predicted octanol–water partition coefficient (Wildman–Crippen LogP) is 6.27. The van der Waals surface area contributed by atoms with Gasteiger partial charge in [0.2, 0.25) is 0 Å². The van der Waals surface area contributed by atoms with Crippen molar-refractivity contribution in [3.63, 3.8) is 0 Å². The molecule has 1 aliphatic rings. The molecule has 5 nitrogen and oxygen atoms in total. The van der Waals surface area contributed by atoms with Crippen LogP contribution in [-0.2, 0) is 17.6 Å². The Hall–Kier alpha value is -3.51. The quantitative estimate of drug-likeness (QED) is 0.359. The van der Waals surface area contributed by atoms with Crippen molar-refractivity contribution in [3.8, 4) is 11.3 Å². The zero-order chi connectivity index (χ0) is 22.8. The van der Waals surface area contributed by atoms with Crippen molar-refractivity contribution in [2.75, 3.05) is 11.9 Å². The Morgan fingerprint density at radius 1 is 1.03 bits per heavy atom. The summed E-state index contributed by atoms with van der Waals surface area (Å²) < 4.78 is 5.33. The van der Waals surface area contributed by atoms with Gasteiger partial charge in [-0.25, -0.2) is 9.78 Å². The average molecular weight is 457 g/mol. The summed E-state index contributed by atoms with van der Waals surface area (Å²) in [5.41, 5.74) is 4.50. The molecule has 0 fully saturated rings. The topological polar surface area (TPSA) is 68.3 Å². The summed E-state index contributed by atoms with van der Waals surface area (Å²) in [7, 11) is 0. The van der Waals surface area contributed by atoms with Crippen molar-refractivity contribution in [1.82, 2.24) is 4.98 Å². The number of aromatic nitrogens is 1. The number of amides is 1. The van der Waals surface area contributed by atoms with Crippen molar-refractivity contribution >= 4 is 39.1 Å². The lowest BCUT2D eigenvalue weighted by Gasteiger charge is -2.13. The van der Waals surface area contributed by atoms with E-state index >= 15 is 0 Å². The van der Waals surface area contributed by atoms with Crippen LogP contribution in [0.3, 0.4) is 0 Å². The molecule has 6 heteroatoms. The first kappa shape index (κ1) is 21.3. The molecule has 166 valence electrons. The molecule has 1 aliphatic carbocycles. The number of esters is 1. The fourth-order valence-electron chi connectivity index (χ4n) is 4.36. The minimum atomic E-state index is -0.364. The lowest BCUT2D eigenvalue weighted by Crippen LogP contribution is -2.16. The van der Waals surface area contributed by atoms with E-state index in [1.165, 1.54) is 16.2 Å². The second-order valence-corrected chi connectivity index (χ2v) is 9.13. The zero-order valence-electron chi connectivity index (χ0n) is 18.4. The average Bonchev–Trinajstić information content (AvgIpc) is 3.21. The van der Waals surface area contributed by atoms with E-state index in [-0.39, 0.29) is 11.9 Å². The van der Waals surface area contributed by atoms with Gasteiger partial charge in [-0.05, 0) is 50.3 Å². The molecule has 0 bridgehead atoms. The lowest BCUT2D eigenvalue weighted by atomic mass is 9.95. The number of para-hydroxylation sites is 1. The molecule has 0 spiro atoms. The molecule has 0 radical (unpaired) electrons. The van der Waals surface area contributed by atoms with Crippen LogP contribution in [-0.4, -0.2) is 23.5 Å². The highest BCUT2D eigenvalue weighted by molar-refractivity contribution is 7.17. The molecule has 0 saturated carbocycles. The van der Waals surface area contributed by atoms with E-state index in [4.69, 9.17) is 9.72 Å². The number of thiophene rings is 1. The highest BCUT2D eigenvalue weighted by Crippen LogP contribution is 2.39. The summed E-state index contributed by atoms with van der Waals surface area (Å²) >= 11 is 1.50. The Balaban J connectivity index is 1.58. The molecular weight excluding hydrogens is 432 g/mol. The largest absolute Gasteiger partial charge is 0.462 e. The van der Waals surface area contributed by atoms with E-state index in [1.54, 1.807) is 6.92 Å². The van der Waals surface area contributed by atoms with Gasteiger partial charge in [-0.15, -0.1) is 11.3 Å². The van der Waals surface area contributed by atoms with Gasteiger partial charge in [0, 0.05) is 15.8 Å². The van der Waals surface area contributed by atoms with Gasteiger partial charge in [-0.2, -0.15) is 0 Å². The first-order chi connectivity index (χ1) is 16.2. The number of carbonyl (C=O) groups is 2. The number of aryl methyl sites for hydroxylation is 1. The van der Waals surface area contributed by atoms with Crippen molar-refractivity contribution in [1.29, 1.82) is 0 Å². The van der Waals surface area contributed by atoms with Crippen LogP contribution in [0, 0.1) is 0 Å². The van der Waals surface area contributed by atoms with Crippen molar-refractivity contribution in [2.24, 2.45) is 0 Å². The number of rotatable bonds is 5. The fourth-order valence-corrected chi connectivity index (χ4v) is 5.64. The summed E-state index contributed by atoms with van der Waals surface area (Å²) in [6, 6.07) is 19.3. The summed E-state index contributed by atoms with van der Waals surface area (Å²) in [4.78, 5) is 32.3. The number of carbonyl (C=O) groups excluding carboxylic acids is 2. The SMILES string of the molecule is CCOC(=O)c1c(NC(=O)c2cc(-c3ccccc3)nc3ccccc23)sc2c1CCCC2. The smallest absolute Gasteiger partial charge is 0.341 e. The van der Waals surface area contributed by atoms with Crippen LogP contribution in [0.25, 0.3) is 22.2 Å². The van der Waals surface area contributed by atoms with Gasteiger partial charge >= 0.3 is 5.97 Å². The van der Waals surface area contributed by atoms with E-state index in [0.717, 1.165) is 53.4 Å². The number of fused-ring (bicyclic) bond motifs is 2. The minimum Gasteiger partial charge on any atom is -0.462 e. The third-order valence-electron chi connectivity index (χ3n) is 5.91. The number of anilines is 1. The molecule has 2 heterocycles. The van der Waals surface area contributed by atoms with Crippen molar-refractivity contribution < 1.29 is 14.3 Å². The van der Waals surface area contributed by atoms with Gasteiger partial charge in [0.1, 0.15) is 5.00 Å². The Morgan fingerprint density at radius 2 is 1.79 bits per heavy atom. The van der Waals surface area contributed by atoms with Crippen LogP contribution >= 0.6 is 11.3 Å². The number of nitrogens with zero attached hydrogens (tertiary/aromatic N) is 1. The normalized spacial score (nSPS) is 12.9. The molecule has 0 atom stereocenters. The van der Waals surface area contributed by atoms with Crippen LogP contribution in [0.15, 0.2) is 60.7 Å². The Labute approximate surface area is 196 Å². The number of benzene rings is 2. The molecule has 1 N–H and O–H groups in total. The third-order valence-corrected chi connectivity index (χ3v) is 7.12. The molecule has 0 aliphatic heterocycles. The molecular formula is C27H24N2O3S. The Kier molecular flexibility index (Phi) is 5.92. The van der Waals surface area contributed by atoms with Crippen LogP contribution in [0.1, 0.15) is 50.9 Å². The lowest BCUT2D eigenvalue weighted by molar-refractivity contribution is 0.0526. The van der Waals surface area contributed by atoms with Gasteiger partial charge in [0.15, 0.2) is 0 Å². The second kappa shape index (κ2) is 9.16. The third kappa shape index (κ3) is 4.14. The molecule has 5 rings (SSSR count). The summed E-state index contributed by atoms with van der Waals surface area (Å²) in [5, 5.41) is 4.39. The first-order valence-electron chi connectivity index (χ1n) is 11.2. The van der Waals surface area contributed by atoms with Crippen LogP contribution < -0.4 is 5.32 Å².